The molecule has 5 heteroatoms. The molecule has 0 fully saturated rings. The van der Waals surface area contributed by atoms with Gasteiger partial charge in [-0.05, 0) is 25.7 Å². The maximum atomic E-state index is 10.2. The molecule has 0 saturated heterocycles. The molecule has 0 aromatic heterocycles. The Morgan fingerprint density at radius 1 is 0.870 bits per heavy atom. The second-order valence-corrected chi connectivity index (χ2v) is 6.24. The topological polar surface area (TPSA) is 60.4 Å². The van der Waals surface area contributed by atoms with E-state index in [4.69, 9.17) is 0 Å². The first-order chi connectivity index (χ1) is 10.2. The third-order valence-corrected chi connectivity index (χ3v) is 4.06. The molecule has 0 aromatic rings. The molecule has 0 rings (SSSR count). The standard InChI is InChI=1S/C18H36O3.K.Na.H/c1-2-3-4-11-14-17(19)15-12-9-7-5-6-8-10-13-16-18(20)21;;;/h17,19H,2-16H2,1H3,(H,20,21);;;/q;2*+1;-1/p-1. The van der Waals surface area contributed by atoms with Gasteiger partial charge in [0.2, 0.25) is 0 Å². The number of carboxylic acid groups (broad SMARTS) is 1. The Bertz CT molecular complexity index is 246. The number of rotatable bonds is 16. The molecule has 3 nitrogen and oxygen atoms in total. The van der Waals surface area contributed by atoms with Crippen LogP contribution in [0.2, 0.25) is 0 Å². The van der Waals surface area contributed by atoms with Crippen molar-refractivity contribution in [2.24, 2.45) is 0 Å². The van der Waals surface area contributed by atoms with Gasteiger partial charge in [0.15, 0.2) is 0 Å². The monoisotopic (exact) mass is 362 g/mol. The molecule has 128 valence electrons. The molecule has 0 spiro atoms. The zero-order valence-corrected chi connectivity index (χ0v) is 21.1. The van der Waals surface area contributed by atoms with Crippen molar-refractivity contribution < 1.29 is 97.4 Å². The van der Waals surface area contributed by atoms with E-state index in [1.807, 2.05) is 0 Å². The fourth-order valence-corrected chi connectivity index (χ4v) is 2.66. The van der Waals surface area contributed by atoms with E-state index in [-0.39, 0.29) is 94.9 Å². The first-order valence-corrected chi connectivity index (χ1v) is 9.04. The summed E-state index contributed by atoms with van der Waals surface area (Å²) in [5.41, 5.74) is 0. The van der Waals surface area contributed by atoms with E-state index in [0.717, 1.165) is 38.5 Å². The Morgan fingerprint density at radius 2 is 1.26 bits per heavy atom. The predicted octanol–water partition coefficient (Wildman–Crippen LogP) is -1.91. The summed E-state index contributed by atoms with van der Waals surface area (Å²) in [5, 5.41) is 20.1. The van der Waals surface area contributed by atoms with Gasteiger partial charge >= 0.3 is 80.9 Å². The average molecular weight is 363 g/mol. The Hall–Kier alpha value is 2.07. The smallest absolute Gasteiger partial charge is 1.00 e. The number of carbonyl (C=O) groups excluding carboxylic acids is 1. The van der Waals surface area contributed by atoms with Crippen LogP contribution in [0.3, 0.4) is 0 Å². The number of aliphatic carboxylic acids is 1. The van der Waals surface area contributed by atoms with E-state index in [2.05, 4.69) is 6.92 Å². The summed E-state index contributed by atoms with van der Waals surface area (Å²) in [7, 11) is 0. The van der Waals surface area contributed by atoms with Crippen molar-refractivity contribution in [3.8, 4) is 0 Å². The van der Waals surface area contributed by atoms with Crippen molar-refractivity contribution >= 4 is 5.97 Å². The van der Waals surface area contributed by atoms with Gasteiger partial charge in [0, 0.05) is 5.97 Å². The van der Waals surface area contributed by atoms with Crippen molar-refractivity contribution in [3.05, 3.63) is 0 Å². The number of unbranched alkanes of at least 4 members (excludes halogenated alkanes) is 10. The fraction of sp³-hybridized carbons (Fsp3) is 0.944. The number of hydrogen-bond acceptors (Lipinski definition) is 3. The van der Waals surface area contributed by atoms with E-state index in [1.54, 1.807) is 0 Å². The minimum Gasteiger partial charge on any atom is -1.00 e. The zero-order chi connectivity index (χ0) is 15.8. The number of aliphatic hydroxyl groups excluding tert-OH is 1. The molecular formula is C18H36KNaO3. The van der Waals surface area contributed by atoms with Crippen LogP contribution in [0.1, 0.15) is 105 Å². The average Bonchev–Trinajstić information content (AvgIpc) is 2.45. The van der Waals surface area contributed by atoms with Crippen LogP contribution in [-0.2, 0) is 4.79 Å². The first kappa shape index (κ1) is 29.8. The second kappa shape index (κ2) is 24.1. The summed E-state index contributed by atoms with van der Waals surface area (Å²) in [6.45, 7) is 2.21. The molecule has 1 N–H and O–H groups in total. The summed E-state index contributed by atoms with van der Waals surface area (Å²) in [5.74, 6) is -0.928. The van der Waals surface area contributed by atoms with Gasteiger partial charge in [0.1, 0.15) is 0 Å². The summed E-state index contributed by atoms with van der Waals surface area (Å²) in [6, 6.07) is 0. The third-order valence-electron chi connectivity index (χ3n) is 4.06. The molecule has 0 saturated carbocycles. The van der Waals surface area contributed by atoms with Crippen LogP contribution >= 0.6 is 0 Å². The number of carbonyl (C=O) groups is 1. The molecule has 1 atom stereocenters. The van der Waals surface area contributed by atoms with Gasteiger partial charge in [-0.2, -0.15) is 0 Å². The Kier molecular flexibility index (Phi) is 31.2. The molecule has 1 unspecified atom stereocenters. The molecule has 23 heavy (non-hydrogen) atoms. The molecule has 0 heterocycles. The summed E-state index contributed by atoms with van der Waals surface area (Å²) < 4.78 is 0. The van der Waals surface area contributed by atoms with Gasteiger partial charge in [0.25, 0.3) is 0 Å². The van der Waals surface area contributed by atoms with Gasteiger partial charge in [-0.25, -0.2) is 0 Å². The summed E-state index contributed by atoms with van der Waals surface area (Å²) in [4.78, 5) is 10.2. The molecule has 0 radical (unpaired) electrons. The van der Waals surface area contributed by atoms with Crippen LogP contribution in [0.15, 0.2) is 0 Å². The van der Waals surface area contributed by atoms with E-state index in [9.17, 15) is 15.0 Å². The Labute approximate surface area is 210 Å². The largest absolute Gasteiger partial charge is 1.00 e. The molecule has 0 aliphatic carbocycles. The van der Waals surface area contributed by atoms with Gasteiger partial charge < -0.3 is 16.4 Å². The molecule has 0 aliphatic rings. The predicted molar refractivity (Wildman–Crippen MR) is 87.1 cm³/mol. The maximum absolute atomic E-state index is 10.2. The van der Waals surface area contributed by atoms with Crippen molar-refractivity contribution in [3.63, 3.8) is 0 Å². The zero-order valence-electron chi connectivity index (χ0n) is 16.9. The van der Waals surface area contributed by atoms with Crippen LogP contribution in [0.25, 0.3) is 0 Å². The van der Waals surface area contributed by atoms with Gasteiger partial charge in [-0.15, -0.1) is 0 Å². The minimum absolute atomic E-state index is 0. The number of hydrogen-bond donors (Lipinski definition) is 1. The van der Waals surface area contributed by atoms with Crippen LogP contribution < -0.4 is 86.0 Å². The van der Waals surface area contributed by atoms with Crippen LogP contribution in [0.4, 0.5) is 0 Å². The van der Waals surface area contributed by atoms with Crippen molar-refractivity contribution in [1.82, 2.24) is 0 Å². The second-order valence-electron chi connectivity index (χ2n) is 6.24. The Balaban J connectivity index is -0.000000667. The van der Waals surface area contributed by atoms with Gasteiger partial charge in [0.05, 0.1) is 6.10 Å². The first-order valence-electron chi connectivity index (χ1n) is 9.04. The number of aliphatic hydroxyl groups is 1. The van der Waals surface area contributed by atoms with E-state index < -0.39 is 5.97 Å². The minimum atomic E-state index is -0.928. The van der Waals surface area contributed by atoms with Gasteiger partial charge in [-0.3, -0.25) is 0 Å². The molecular weight excluding hydrogens is 326 g/mol. The quantitative estimate of drug-likeness (QED) is 0.257. The van der Waals surface area contributed by atoms with Crippen molar-refractivity contribution in [1.29, 1.82) is 0 Å². The van der Waals surface area contributed by atoms with Crippen LogP contribution in [0, 0.1) is 0 Å². The third kappa shape index (κ3) is 26.4. The van der Waals surface area contributed by atoms with Crippen LogP contribution in [0.5, 0.6) is 0 Å². The van der Waals surface area contributed by atoms with Crippen LogP contribution in [-0.4, -0.2) is 17.2 Å². The molecule has 0 bridgehead atoms. The fourth-order valence-electron chi connectivity index (χ4n) is 2.66. The van der Waals surface area contributed by atoms with E-state index in [0.29, 0.717) is 0 Å². The van der Waals surface area contributed by atoms with Crippen molar-refractivity contribution in [2.75, 3.05) is 0 Å². The maximum Gasteiger partial charge on any atom is 1.00 e. The normalized spacial score (nSPS) is 11.4. The van der Waals surface area contributed by atoms with E-state index in [1.165, 1.54) is 51.4 Å². The van der Waals surface area contributed by atoms with Gasteiger partial charge in [-0.1, -0.05) is 77.6 Å². The molecule has 0 amide bonds. The summed E-state index contributed by atoms with van der Waals surface area (Å²) >= 11 is 0. The summed E-state index contributed by atoms with van der Waals surface area (Å²) in [6.07, 6.45) is 15.9. The molecule has 0 aliphatic heterocycles. The SMILES string of the molecule is CCCCCCC(O)CCCCCCCCCCC(=O)[O-].[H-].[K+].[Na+]. The van der Waals surface area contributed by atoms with E-state index >= 15 is 0 Å². The van der Waals surface area contributed by atoms with Crippen molar-refractivity contribution in [2.45, 2.75) is 109 Å². The Morgan fingerprint density at radius 3 is 1.70 bits per heavy atom. The number of carboxylic acids is 1. The molecule has 0 aromatic carbocycles.